The van der Waals surface area contributed by atoms with Crippen LogP contribution in [0.4, 0.5) is 0 Å². The van der Waals surface area contributed by atoms with Gasteiger partial charge in [-0.05, 0) is 116 Å². The zero-order valence-corrected chi connectivity index (χ0v) is 43.2. The number of benzene rings is 1. The van der Waals surface area contributed by atoms with Crippen molar-refractivity contribution in [1.82, 2.24) is 36.8 Å². The molecule has 75 heavy (non-hydrogen) atoms. The highest BCUT2D eigenvalue weighted by atomic mass is 16.4. The van der Waals surface area contributed by atoms with E-state index in [0.29, 0.717) is 44.2 Å². The topological polar surface area (TPSA) is 476 Å². The number of carbonyl (C=O) groups excluding carboxylic acids is 8. The van der Waals surface area contributed by atoms with Crippen molar-refractivity contribution in [2.75, 3.05) is 45.8 Å². The summed E-state index contributed by atoms with van der Waals surface area (Å²) in [4.78, 5) is 130. The molecule has 418 valence electrons. The first-order valence-corrected chi connectivity index (χ1v) is 25.1. The molecule has 0 spiro atoms. The molecular weight excluding hydrogens is 977 g/mol. The number of hydrogen-bond donors (Lipinski definition) is 15. The minimum Gasteiger partial charge on any atom is -0.477 e. The number of aliphatic imine (C=N–C) groups is 2. The van der Waals surface area contributed by atoms with Gasteiger partial charge in [-0.3, -0.25) is 43.3 Å². The Kier molecular flexibility index (Phi) is 28.9. The van der Waals surface area contributed by atoms with Crippen molar-refractivity contribution < 1.29 is 53.4 Å². The predicted octanol–water partition coefficient (Wildman–Crippen LogP) is -4.73. The van der Waals surface area contributed by atoms with Gasteiger partial charge in [0.25, 0.3) is 11.8 Å². The fourth-order valence-electron chi connectivity index (χ4n) is 7.80. The van der Waals surface area contributed by atoms with Crippen LogP contribution >= 0.6 is 0 Å². The molecule has 0 aromatic heterocycles. The lowest BCUT2D eigenvalue weighted by Gasteiger charge is -2.28. The Hall–Kier alpha value is -6.91. The number of carboxylic acid groups (broad SMARTS) is 1. The second-order valence-electron chi connectivity index (χ2n) is 18.2. The maximum atomic E-state index is 14.3. The summed E-state index contributed by atoms with van der Waals surface area (Å²) < 4.78 is 0. The Morgan fingerprint density at radius 2 is 1.48 bits per heavy atom. The maximum Gasteiger partial charge on any atom is 0.352 e. The Morgan fingerprint density at radius 1 is 0.813 bits per heavy atom. The van der Waals surface area contributed by atoms with Crippen molar-refractivity contribution in [3.63, 3.8) is 0 Å². The molecule has 1 aromatic rings. The van der Waals surface area contributed by atoms with E-state index in [-0.39, 0.29) is 82.8 Å². The second-order valence-corrected chi connectivity index (χ2v) is 18.2. The number of aliphatic hydroxyl groups excluding tert-OH is 1. The first-order valence-electron chi connectivity index (χ1n) is 25.1. The van der Waals surface area contributed by atoms with Crippen molar-refractivity contribution in [2.24, 2.45) is 50.1 Å². The summed E-state index contributed by atoms with van der Waals surface area (Å²) in [6.07, 6.45) is 2.69. The summed E-state index contributed by atoms with van der Waals surface area (Å²) in [5.41, 5.74) is 40.9. The predicted molar refractivity (Wildman–Crippen MR) is 279 cm³/mol. The van der Waals surface area contributed by atoms with E-state index in [1.807, 2.05) is 26.0 Å². The molecule has 0 bridgehead atoms. The van der Waals surface area contributed by atoms with Crippen LogP contribution in [0, 0.1) is 13.8 Å². The quantitative estimate of drug-likeness (QED) is 0.0136. The van der Waals surface area contributed by atoms with Crippen molar-refractivity contribution in [3.8, 4) is 0 Å². The third-order valence-corrected chi connectivity index (χ3v) is 12.0. The van der Waals surface area contributed by atoms with E-state index in [2.05, 4.69) is 41.9 Å². The molecule has 1 aliphatic rings. The minimum atomic E-state index is -1.57. The van der Waals surface area contributed by atoms with E-state index >= 15 is 0 Å². The van der Waals surface area contributed by atoms with Gasteiger partial charge in [-0.1, -0.05) is 36.3 Å². The van der Waals surface area contributed by atoms with Crippen LogP contribution < -0.4 is 72.0 Å². The third-order valence-electron chi connectivity index (χ3n) is 12.0. The van der Waals surface area contributed by atoms with Crippen LogP contribution in [0.15, 0.2) is 40.0 Å². The highest BCUT2D eigenvalue weighted by molar-refractivity contribution is 6.40. The molecular formula is C48H80N16O11. The highest BCUT2D eigenvalue weighted by Gasteiger charge is 2.39. The molecule has 7 atom stereocenters. The monoisotopic (exact) mass is 1060 g/mol. The molecule has 1 heterocycles. The lowest BCUT2D eigenvalue weighted by Crippen LogP contribution is -2.60. The van der Waals surface area contributed by atoms with E-state index in [9.17, 15) is 53.4 Å². The molecule has 0 unspecified atom stereocenters. The molecule has 1 saturated heterocycles. The van der Waals surface area contributed by atoms with Crippen LogP contribution in [0.2, 0.25) is 0 Å². The van der Waals surface area contributed by atoms with Gasteiger partial charge in [0.15, 0.2) is 5.96 Å². The van der Waals surface area contributed by atoms with E-state index in [1.54, 1.807) is 6.07 Å². The van der Waals surface area contributed by atoms with Gasteiger partial charge in [-0.2, -0.15) is 0 Å². The van der Waals surface area contributed by atoms with Crippen LogP contribution in [-0.4, -0.2) is 168 Å². The molecule has 8 amide bonds. The maximum absolute atomic E-state index is 14.3. The zero-order chi connectivity index (χ0) is 56.2. The van der Waals surface area contributed by atoms with E-state index < -0.39 is 114 Å². The summed E-state index contributed by atoms with van der Waals surface area (Å²) in [6.45, 7) is 4.76. The summed E-state index contributed by atoms with van der Waals surface area (Å²) >= 11 is 0. The van der Waals surface area contributed by atoms with Crippen molar-refractivity contribution in [1.29, 1.82) is 0 Å². The molecule has 0 radical (unpaired) electrons. The standard InChI is InChI=1S/C48H80N16O11/c1-27-16-17-30(28(2)23-27)24-35(43(70)60-32(12-5-7-19-50)42(69)61-34(47(74)75)14-9-21-56-48(54)55)62-44(71)36-15-10-22-64(36)46(73)33(13-8-20-51)59-38(66)26-57-40(67)29(3)58-45(72)39(37(65)25-52)63-41(68)31(53)11-4-6-18-49/h14,16-17,23,29,31-32,35-37,39,65H,4-13,15,18-22,24-26,49-53H2,1-3H3,(H,57,67)(H,58,72)(H,60,70)(H,61,69)(H,62,71)(H,63,68)(H,74,75)(H4,54,55,56)/b34-14-,59-33?/t29-,31-,32-,35-,36-,37-,39-/m0/s1. The number of rotatable bonds is 33. The van der Waals surface area contributed by atoms with Crippen LogP contribution in [0.25, 0.3) is 0 Å². The Bertz CT molecular complexity index is 2220. The van der Waals surface area contributed by atoms with Gasteiger partial charge in [0.1, 0.15) is 41.6 Å². The van der Waals surface area contributed by atoms with E-state index in [1.165, 1.54) is 17.9 Å². The summed E-state index contributed by atoms with van der Waals surface area (Å²) in [7, 11) is 0. The molecule has 22 N–H and O–H groups in total. The first kappa shape index (κ1) is 64.2. The van der Waals surface area contributed by atoms with Gasteiger partial charge in [0.2, 0.25) is 35.4 Å². The van der Waals surface area contributed by atoms with Gasteiger partial charge >= 0.3 is 5.97 Å². The number of guanidine groups is 1. The van der Waals surface area contributed by atoms with Gasteiger partial charge < -0.3 is 87.1 Å². The Morgan fingerprint density at radius 3 is 2.09 bits per heavy atom. The van der Waals surface area contributed by atoms with Crippen LogP contribution in [0.1, 0.15) is 94.2 Å². The van der Waals surface area contributed by atoms with Gasteiger partial charge in [0.05, 0.1) is 18.7 Å². The largest absolute Gasteiger partial charge is 0.477 e. The number of carboxylic acids is 1. The molecule has 1 aliphatic heterocycles. The molecule has 27 heteroatoms. The number of aryl methyl sites for hydroxylation is 2. The lowest BCUT2D eigenvalue weighted by molar-refractivity contribution is -0.137. The van der Waals surface area contributed by atoms with Gasteiger partial charge in [0, 0.05) is 26.1 Å². The van der Waals surface area contributed by atoms with E-state index in [4.69, 9.17) is 40.1 Å². The molecule has 1 aromatic carbocycles. The molecule has 2 rings (SSSR count). The fourth-order valence-corrected chi connectivity index (χ4v) is 7.80. The second kappa shape index (κ2) is 33.8. The number of likely N-dealkylation sites (tertiary alicyclic amines) is 1. The van der Waals surface area contributed by atoms with Crippen molar-refractivity contribution in [3.05, 3.63) is 46.7 Å². The molecule has 27 nitrogen and oxygen atoms in total. The summed E-state index contributed by atoms with van der Waals surface area (Å²) in [5, 5.41) is 35.1. The summed E-state index contributed by atoms with van der Waals surface area (Å²) in [6, 6.07) is -2.09. The molecule has 0 saturated carbocycles. The number of carbonyl (C=O) groups is 9. The number of aliphatic carboxylic acids is 1. The van der Waals surface area contributed by atoms with Gasteiger partial charge in [-0.15, -0.1) is 0 Å². The minimum absolute atomic E-state index is 0.0442. The SMILES string of the molecule is Cc1ccc(C[C@H](NC(=O)[C@@H]2CCCN2C(=O)C(CCCN)=NC(=O)CNC(=O)[C@H](C)NC(=O)[C@@H](NC(=O)[C@@H](N)CCCCN)[C@@H](O)CN)C(=O)N[C@@H](CCCCN)C(=O)N/C(=C\CCN=C(N)N)C(=O)O)c(C)c1. The highest BCUT2D eigenvalue weighted by Crippen LogP contribution is 2.21. The number of amides is 8. The number of nitrogens with zero attached hydrogens (tertiary/aromatic N) is 3. The van der Waals surface area contributed by atoms with E-state index in [0.717, 1.165) is 11.1 Å². The van der Waals surface area contributed by atoms with Crippen LogP contribution in [0.3, 0.4) is 0 Å². The average molecular weight is 1060 g/mol. The molecule has 1 fully saturated rings. The molecule has 0 aliphatic carbocycles. The third kappa shape index (κ3) is 22.6. The van der Waals surface area contributed by atoms with Crippen LogP contribution in [-0.2, 0) is 49.6 Å². The zero-order valence-electron chi connectivity index (χ0n) is 43.2. The fraction of sp³-hybridized carbons (Fsp3) is 0.604. The smallest absolute Gasteiger partial charge is 0.352 e. The van der Waals surface area contributed by atoms with Crippen molar-refractivity contribution in [2.45, 2.75) is 140 Å². The van der Waals surface area contributed by atoms with Crippen LogP contribution in [0.5, 0.6) is 0 Å². The average Bonchev–Trinajstić information content (AvgIpc) is 3.87. The Labute approximate surface area is 436 Å². The summed E-state index contributed by atoms with van der Waals surface area (Å²) in [5.74, 6) is -8.25. The van der Waals surface area contributed by atoms with Crippen molar-refractivity contribution >= 4 is 64.9 Å². The number of aliphatic hydroxyl groups is 1. The normalized spacial score (nSPS) is 16.0. The number of nitrogens with one attached hydrogen (secondary N) is 6. The lowest BCUT2D eigenvalue weighted by atomic mass is 9.98. The first-order chi connectivity index (χ1) is 35.6. The van der Waals surface area contributed by atoms with Gasteiger partial charge in [-0.25, -0.2) is 9.79 Å². The number of nitrogens with two attached hydrogens (primary N) is 7. The Balaban J connectivity index is 2.33. The number of hydrogen-bond acceptors (Lipinski definition) is 16. The number of unbranched alkanes of at least 4 members (excludes halogenated alkanes) is 2.